The summed E-state index contributed by atoms with van der Waals surface area (Å²) in [7, 11) is 0. The summed E-state index contributed by atoms with van der Waals surface area (Å²) < 4.78 is 10.9. The molecule has 3 heterocycles. The van der Waals surface area contributed by atoms with Crippen LogP contribution in [0.3, 0.4) is 0 Å². The maximum Gasteiger partial charge on any atom is 0.231 e. The molecular weight excluding hydrogens is 342 g/mol. The first-order chi connectivity index (χ1) is 13.2. The van der Waals surface area contributed by atoms with Crippen LogP contribution in [0.4, 0.5) is 11.8 Å². The molecule has 0 amide bonds. The van der Waals surface area contributed by atoms with Crippen molar-refractivity contribution in [3.05, 3.63) is 36.0 Å². The molecule has 4 rings (SSSR count). The second-order valence-corrected chi connectivity index (χ2v) is 7.46. The smallest absolute Gasteiger partial charge is 0.231 e. The molecule has 0 aliphatic carbocycles. The van der Waals surface area contributed by atoms with Gasteiger partial charge in [0.25, 0.3) is 0 Å². The van der Waals surface area contributed by atoms with Crippen molar-refractivity contribution in [1.82, 2.24) is 14.9 Å². The lowest BCUT2D eigenvalue weighted by atomic mass is 10.1. The van der Waals surface area contributed by atoms with E-state index in [0.29, 0.717) is 18.7 Å². The van der Waals surface area contributed by atoms with Crippen molar-refractivity contribution in [2.75, 3.05) is 49.7 Å². The summed E-state index contributed by atoms with van der Waals surface area (Å²) in [5, 5.41) is 3.30. The molecule has 0 saturated carbocycles. The van der Waals surface area contributed by atoms with Crippen molar-refractivity contribution in [1.29, 1.82) is 0 Å². The van der Waals surface area contributed by atoms with Gasteiger partial charge in [-0.3, -0.25) is 4.90 Å². The zero-order chi connectivity index (χ0) is 18.6. The fourth-order valence-electron chi connectivity index (χ4n) is 3.34. The second-order valence-electron chi connectivity index (χ2n) is 7.46. The Morgan fingerprint density at radius 3 is 2.70 bits per heavy atom. The van der Waals surface area contributed by atoms with Crippen LogP contribution >= 0.6 is 0 Å². The van der Waals surface area contributed by atoms with Crippen molar-refractivity contribution in [2.24, 2.45) is 5.92 Å². The molecule has 0 bridgehead atoms. The number of nitrogens with one attached hydrogen (secondary N) is 1. The van der Waals surface area contributed by atoms with Crippen LogP contribution in [-0.4, -0.2) is 54.4 Å². The first kappa shape index (κ1) is 17.9. The van der Waals surface area contributed by atoms with Crippen molar-refractivity contribution < 1.29 is 9.47 Å². The summed E-state index contributed by atoms with van der Waals surface area (Å²) in [5.74, 6) is 3.97. The minimum atomic E-state index is 0.324. The van der Waals surface area contributed by atoms with Crippen molar-refractivity contribution >= 4 is 11.8 Å². The van der Waals surface area contributed by atoms with Crippen LogP contribution in [0.25, 0.3) is 0 Å². The van der Waals surface area contributed by atoms with Crippen molar-refractivity contribution in [3.63, 3.8) is 0 Å². The largest absolute Gasteiger partial charge is 0.454 e. The molecule has 0 atom stereocenters. The Morgan fingerprint density at radius 1 is 1.07 bits per heavy atom. The van der Waals surface area contributed by atoms with E-state index in [2.05, 4.69) is 51.1 Å². The third-order valence-corrected chi connectivity index (χ3v) is 4.85. The van der Waals surface area contributed by atoms with E-state index in [1.54, 1.807) is 0 Å². The number of nitrogens with zero attached hydrogens (tertiary/aromatic N) is 4. The molecule has 2 aliphatic rings. The van der Waals surface area contributed by atoms with Gasteiger partial charge in [-0.1, -0.05) is 19.9 Å². The number of hydrogen-bond acceptors (Lipinski definition) is 7. The number of aromatic nitrogens is 2. The van der Waals surface area contributed by atoms with Gasteiger partial charge in [0.2, 0.25) is 12.7 Å². The van der Waals surface area contributed by atoms with Gasteiger partial charge < -0.3 is 19.7 Å². The van der Waals surface area contributed by atoms with E-state index >= 15 is 0 Å². The van der Waals surface area contributed by atoms with E-state index in [1.165, 1.54) is 5.56 Å². The van der Waals surface area contributed by atoms with Crippen molar-refractivity contribution in [2.45, 2.75) is 20.4 Å². The van der Waals surface area contributed by atoms with Crippen molar-refractivity contribution in [3.8, 4) is 11.5 Å². The first-order valence-electron chi connectivity index (χ1n) is 9.60. The molecule has 1 aromatic carbocycles. The molecule has 0 unspecified atom stereocenters. The van der Waals surface area contributed by atoms with E-state index in [0.717, 1.165) is 56.6 Å². The van der Waals surface area contributed by atoms with Crippen LogP contribution in [0, 0.1) is 5.92 Å². The fraction of sp³-hybridized carbons (Fsp3) is 0.500. The summed E-state index contributed by atoms with van der Waals surface area (Å²) in [4.78, 5) is 13.8. The van der Waals surface area contributed by atoms with Crippen LogP contribution < -0.4 is 19.7 Å². The van der Waals surface area contributed by atoms with Gasteiger partial charge in [-0.05, 0) is 29.7 Å². The number of piperazine rings is 1. The van der Waals surface area contributed by atoms with Crippen LogP contribution in [0.5, 0.6) is 11.5 Å². The number of hydrogen-bond donors (Lipinski definition) is 1. The Kier molecular flexibility index (Phi) is 5.29. The van der Waals surface area contributed by atoms with Gasteiger partial charge in [0.15, 0.2) is 11.5 Å². The third-order valence-electron chi connectivity index (χ3n) is 4.85. The number of fused-ring (bicyclic) bond motifs is 1. The lowest BCUT2D eigenvalue weighted by Crippen LogP contribution is -2.46. The molecular formula is C20H27N5O2. The Labute approximate surface area is 160 Å². The van der Waals surface area contributed by atoms with E-state index < -0.39 is 0 Å². The normalized spacial score (nSPS) is 16.8. The maximum atomic E-state index is 5.48. The average molecular weight is 369 g/mol. The third kappa shape index (κ3) is 4.42. The number of ether oxygens (including phenoxy) is 2. The zero-order valence-corrected chi connectivity index (χ0v) is 16.0. The summed E-state index contributed by atoms with van der Waals surface area (Å²) in [6, 6.07) is 8.21. The van der Waals surface area contributed by atoms with E-state index in [4.69, 9.17) is 9.47 Å². The highest BCUT2D eigenvalue weighted by Gasteiger charge is 2.20. The number of rotatable bonds is 6. The minimum absolute atomic E-state index is 0.324. The van der Waals surface area contributed by atoms with Gasteiger partial charge in [0.05, 0.1) is 0 Å². The predicted octanol–water partition coefficient (Wildman–Crippen LogP) is 2.60. The first-order valence-corrected chi connectivity index (χ1v) is 9.60. The highest BCUT2D eigenvalue weighted by atomic mass is 16.7. The summed E-state index contributed by atoms with van der Waals surface area (Å²) in [5.41, 5.74) is 1.26. The Balaban J connectivity index is 1.32. The Morgan fingerprint density at radius 2 is 1.89 bits per heavy atom. The molecule has 7 heteroatoms. The van der Waals surface area contributed by atoms with E-state index in [-0.39, 0.29) is 0 Å². The SMILES string of the molecule is CC(C)CNc1nccc(N2CCN(Cc3ccc4c(c3)OCO4)CC2)n1. The minimum Gasteiger partial charge on any atom is -0.454 e. The average Bonchev–Trinajstić information content (AvgIpc) is 3.15. The van der Waals surface area contributed by atoms with Gasteiger partial charge in [0.1, 0.15) is 5.82 Å². The van der Waals surface area contributed by atoms with E-state index in [1.807, 2.05) is 18.3 Å². The molecule has 1 N–H and O–H groups in total. The highest BCUT2D eigenvalue weighted by Crippen LogP contribution is 2.32. The molecule has 27 heavy (non-hydrogen) atoms. The number of benzene rings is 1. The maximum absolute atomic E-state index is 5.48. The van der Waals surface area contributed by atoms with Gasteiger partial charge in [-0.15, -0.1) is 0 Å². The number of anilines is 2. The molecule has 1 fully saturated rings. The lowest BCUT2D eigenvalue weighted by Gasteiger charge is -2.35. The van der Waals surface area contributed by atoms with E-state index in [9.17, 15) is 0 Å². The Hall–Kier alpha value is -2.54. The topological polar surface area (TPSA) is 62.8 Å². The van der Waals surface area contributed by atoms with Gasteiger partial charge in [-0.25, -0.2) is 4.98 Å². The van der Waals surface area contributed by atoms with Gasteiger partial charge >= 0.3 is 0 Å². The predicted molar refractivity (Wildman–Crippen MR) is 105 cm³/mol. The molecule has 2 aromatic rings. The molecule has 1 saturated heterocycles. The Bertz CT molecular complexity index is 775. The summed E-state index contributed by atoms with van der Waals surface area (Å²) in [6.07, 6.45) is 1.84. The zero-order valence-electron chi connectivity index (χ0n) is 16.0. The highest BCUT2D eigenvalue weighted by molar-refractivity contribution is 5.45. The standard InChI is InChI=1S/C20H27N5O2/c1-15(2)12-22-20-21-6-5-19(23-20)25-9-7-24(8-10-25)13-16-3-4-17-18(11-16)27-14-26-17/h3-6,11,15H,7-10,12-14H2,1-2H3,(H,21,22,23). The van der Waals surface area contributed by atoms with Crippen LogP contribution in [0.1, 0.15) is 19.4 Å². The lowest BCUT2D eigenvalue weighted by molar-refractivity contribution is 0.174. The molecule has 144 valence electrons. The molecule has 0 spiro atoms. The molecule has 0 radical (unpaired) electrons. The summed E-state index contributed by atoms with van der Waals surface area (Å²) >= 11 is 0. The quantitative estimate of drug-likeness (QED) is 0.840. The van der Waals surface area contributed by atoms with Crippen LogP contribution in [0.15, 0.2) is 30.5 Å². The van der Waals surface area contributed by atoms with Gasteiger partial charge in [-0.2, -0.15) is 4.98 Å². The fourth-order valence-corrected chi connectivity index (χ4v) is 3.34. The molecule has 1 aromatic heterocycles. The monoisotopic (exact) mass is 369 g/mol. The summed E-state index contributed by atoms with van der Waals surface area (Å²) in [6.45, 7) is 10.4. The van der Waals surface area contributed by atoms with Crippen LogP contribution in [0.2, 0.25) is 0 Å². The molecule has 2 aliphatic heterocycles. The molecule has 7 nitrogen and oxygen atoms in total. The van der Waals surface area contributed by atoms with Gasteiger partial charge in [0, 0.05) is 45.5 Å². The second kappa shape index (κ2) is 8.00. The van der Waals surface area contributed by atoms with Crippen LogP contribution in [-0.2, 0) is 6.54 Å².